The highest BCUT2D eigenvalue weighted by atomic mass is 15.0. The summed E-state index contributed by atoms with van der Waals surface area (Å²) < 4.78 is 0. The van der Waals surface area contributed by atoms with Crippen molar-refractivity contribution in [3.8, 4) is 0 Å². The first-order valence-electron chi connectivity index (χ1n) is 6.68. The van der Waals surface area contributed by atoms with E-state index in [2.05, 4.69) is 39.9 Å². The Morgan fingerprint density at radius 2 is 1.24 bits per heavy atom. The molecule has 0 unspecified atom stereocenters. The number of hydrogen-bond donors (Lipinski definition) is 2. The van der Waals surface area contributed by atoms with E-state index in [4.69, 9.17) is 0 Å². The lowest BCUT2D eigenvalue weighted by Crippen LogP contribution is -2.00. The summed E-state index contributed by atoms with van der Waals surface area (Å²) in [4.78, 5) is 31.6. The molecule has 104 valence electrons. The largest absolute Gasteiger partial charge is 0.342 e. The molecule has 0 aliphatic heterocycles. The monoisotopic (exact) mass is 280 g/mol. The lowest BCUT2D eigenvalue weighted by atomic mass is 10.2. The Kier molecular flexibility index (Phi) is 2.77. The van der Waals surface area contributed by atoms with Crippen LogP contribution in [0.3, 0.4) is 0 Å². The van der Waals surface area contributed by atoms with Crippen LogP contribution in [0, 0.1) is 0 Å². The number of rotatable bonds is 4. The normalized spacial score (nSPS) is 11.4. The van der Waals surface area contributed by atoms with Crippen molar-refractivity contribution in [2.24, 2.45) is 0 Å². The molecule has 4 rings (SSSR count). The molecule has 0 aliphatic carbocycles. The number of fused-ring (bicyclic) bond motifs is 2. The van der Waals surface area contributed by atoms with Crippen molar-refractivity contribution in [2.75, 3.05) is 0 Å². The molecular weight excluding hydrogens is 268 g/mol. The van der Waals surface area contributed by atoms with Crippen LogP contribution in [-0.4, -0.2) is 39.9 Å². The molecular formula is C13H12N8. The number of imidazole rings is 2. The van der Waals surface area contributed by atoms with Gasteiger partial charge in [0.2, 0.25) is 0 Å². The van der Waals surface area contributed by atoms with Crippen LogP contribution in [0.2, 0.25) is 0 Å². The van der Waals surface area contributed by atoms with Gasteiger partial charge in [0.25, 0.3) is 0 Å². The molecule has 0 atom stereocenters. The van der Waals surface area contributed by atoms with E-state index >= 15 is 0 Å². The molecule has 8 heteroatoms. The van der Waals surface area contributed by atoms with E-state index in [0.29, 0.717) is 11.3 Å². The molecule has 0 saturated heterocycles. The fraction of sp³-hybridized carbons (Fsp3) is 0.231. The molecule has 4 heterocycles. The van der Waals surface area contributed by atoms with Gasteiger partial charge in [0.1, 0.15) is 22.7 Å². The van der Waals surface area contributed by atoms with E-state index in [-0.39, 0.29) is 0 Å². The van der Waals surface area contributed by atoms with Gasteiger partial charge in [0, 0.05) is 12.8 Å². The van der Waals surface area contributed by atoms with Crippen LogP contribution in [-0.2, 0) is 12.8 Å². The van der Waals surface area contributed by atoms with E-state index < -0.39 is 0 Å². The predicted octanol–water partition coefficient (Wildman–Crippen LogP) is 1.19. The van der Waals surface area contributed by atoms with Crippen molar-refractivity contribution >= 4 is 22.3 Å². The fourth-order valence-corrected chi connectivity index (χ4v) is 2.19. The Bertz CT molecular complexity index is 819. The van der Waals surface area contributed by atoms with Crippen LogP contribution in [0.4, 0.5) is 0 Å². The van der Waals surface area contributed by atoms with E-state index in [1.807, 2.05) is 0 Å². The highest BCUT2D eigenvalue weighted by Crippen LogP contribution is 2.08. The molecule has 0 amide bonds. The van der Waals surface area contributed by atoms with Gasteiger partial charge in [-0.2, -0.15) is 0 Å². The first kappa shape index (κ1) is 11.9. The summed E-state index contributed by atoms with van der Waals surface area (Å²) in [5, 5.41) is 0. The Hall–Kier alpha value is -2.90. The molecule has 0 spiro atoms. The molecule has 4 aromatic rings. The quantitative estimate of drug-likeness (QED) is 0.581. The van der Waals surface area contributed by atoms with Crippen molar-refractivity contribution in [3.05, 3.63) is 36.7 Å². The zero-order chi connectivity index (χ0) is 14.1. The van der Waals surface area contributed by atoms with Gasteiger partial charge in [-0.15, -0.1) is 0 Å². The van der Waals surface area contributed by atoms with Gasteiger partial charge >= 0.3 is 0 Å². The molecule has 8 nitrogen and oxygen atoms in total. The number of nitrogens with zero attached hydrogens (tertiary/aromatic N) is 6. The summed E-state index contributed by atoms with van der Waals surface area (Å²) in [5.74, 6) is 1.57. The average molecular weight is 280 g/mol. The summed E-state index contributed by atoms with van der Waals surface area (Å²) >= 11 is 0. The molecule has 0 aliphatic rings. The van der Waals surface area contributed by atoms with E-state index in [9.17, 15) is 0 Å². The third-order valence-corrected chi connectivity index (χ3v) is 3.25. The van der Waals surface area contributed by atoms with Crippen LogP contribution in [0.1, 0.15) is 18.1 Å². The molecule has 0 saturated carbocycles. The zero-order valence-electron chi connectivity index (χ0n) is 11.1. The third kappa shape index (κ3) is 2.31. The van der Waals surface area contributed by atoms with Crippen molar-refractivity contribution in [1.29, 1.82) is 0 Å². The summed E-state index contributed by atoms with van der Waals surface area (Å²) in [5.41, 5.74) is 3.11. The zero-order valence-corrected chi connectivity index (χ0v) is 11.1. The molecule has 0 radical (unpaired) electrons. The number of H-pyrrole nitrogens is 2. The molecule has 0 bridgehead atoms. The summed E-state index contributed by atoms with van der Waals surface area (Å²) in [6.45, 7) is 0. The van der Waals surface area contributed by atoms with Crippen LogP contribution < -0.4 is 0 Å². The standard InChI is InChI=1S/C13H12N8/c1(2-10-14-4-8-12(20-10)18-6-16-8)3-11-15-5-9-13(21-11)19-7-17-9/h4-7H,1-3H2,(H,14,16,18,20)(H,15,17,19,21). The van der Waals surface area contributed by atoms with Gasteiger partial charge in [-0.05, 0) is 6.42 Å². The summed E-state index contributed by atoms with van der Waals surface area (Å²) in [6.07, 6.45) is 9.18. The second-order valence-electron chi connectivity index (χ2n) is 4.71. The van der Waals surface area contributed by atoms with Gasteiger partial charge in [-0.1, -0.05) is 0 Å². The SMILES string of the molecule is c1nc2nc(CCCc3ncc4[nH]cnc4n3)ncc2[nH]1. The molecule has 21 heavy (non-hydrogen) atoms. The van der Waals surface area contributed by atoms with E-state index in [0.717, 1.165) is 41.9 Å². The number of nitrogens with one attached hydrogen (secondary N) is 2. The summed E-state index contributed by atoms with van der Waals surface area (Å²) in [7, 11) is 0. The minimum atomic E-state index is 0.703. The number of aryl methyl sites for hydroxylation is 2. The van der Waals surface area contributed by atoms with Gasteiger partial charge in [0.05, 0.1) is 25.0 Å². The van der Waals surface area contributed by atoms with E-state index in [1.165, 1.54) is 0 Å². The number of aromatic nitrogens is 8. The maximum Gasteiger partial charge on any atom is 0.180 e. The number of aromatic amines is 2. The summed E-state index contributed by atoms with van der Waals surface area (Å²) in [6, 6.07) is 0. The van der Waals surface area contributed by atoms with Crippen molar-refractivity contribution in [1.82, 2.24) is 39.9 Å². The van der Waals surface area contributed by atoms with Crippen molar-refractivity contribution in [3.63, 3.8) is 0 Å². The lowest BCUT2D eigenvalue weighted by Gasteiger charge is -2.00. The predicted molar refractivity (Wildman–Crippen MR) is 75.4 cm³/mol. The van der Waals surface area contributed by atoms with Gasteiger partial charge in [0.15, 0.2) is 11.3 Å². The maximum absolute atomic E-state index is 4.40. The first-order chi connectivity index (χ1) is 10.4. The Morgan fingerprint density at radius 3 is 1.76 bits per heavy atom. The molecule has 2 N–H and O–H groups in total. The molecule has 0 aromatic carbocycles. The minimum Gasteiger partial charge on any atom is -0.342 e. The third-order valence-electron chi connectivity index (χ3n) is 3.25. The van der Waals surface area contributed by atoms with Crippen molar-refractivity contribution < 1.29 is 0 Å². The molecule has 0 fully saturated rings. The lowest BCUT2D eigenvalue weighted by molar-refractivity contribution is 0.744. The van der Waals surface area contributed by atoms with Crippen molar-refractivity contribution in [2.45, 2.75) is 19.3 Å². The van der Waals surface area contributed by atoms with Crippen LogP contribution in [0.25, 0.3) is 22.3 Å². The fourth-order valence-electron chi connectivity index (χ4n) is 2.19. The second-order valence-corrected chi connectivity index (χ2v) is 4.71. The Balaban J connectivity index is 1.44. The first-order valence-corrected chi connectivity index (χ1v) is 6.68. The average Bonchev–Trinajstić information content (AvgIpc) is 3.14. The van der Waals surface area contributed by atoms with Crippen LogP contribution in [0.5, 0.6) is 0 Å². The Morgan fingerprint density at radius 1 is 0.714 bits per heavy atom. The van der Waals surface area contributed by atoms with Gasteiger partial charge in [-0.3, -0.25) is 0 Å². The number of hydrogen-bond acceptors (Lipinski definition) is 6. The topological polar surface area (TPSA) is 109 Å². The Labute approximate surface area is 119 Å². The van der Waals surface area contributed by atoms with Gasteiger partial charge in [-0.25, -0.2) is 29.9 Å². The molecule has 4 aromatic heterocycles. The van der Waals surface area contributed by atoms with Crippen LogP contribution >= 0.6 is 0 Å². The highest BCUT2D eigenvalue weighted by Gasteiger charge is 2.05. The second kappa shape index (κ2) is 4.89. The smallest absolute Gasteiger partial charge is 0.180 e. The van der Waals surface area contributed by atoms with E-state index in [1.54, 1.807) is 25.0 Å². The van der Waals surface area contributed by atoms with Gasteiger partial charge < -0.3 is 9.97 Å². The highest BCUT2D eigenvalue weighted by molar-refractivity contribution is 5.68. The van der Waals surface area contributed by atoms with Crippen LogP contribution in [0.15, 0.2) is 25.0 Å². The minimum absolute atomic E-state index is 0.703. The maximum atomic E-state index is 4.40.